The smallest absolute Gasteiger partial charge is 0.333 e. The molecule has 1 aromatic carbocycles. The van der Waals surface area contributed by atoms with Crippen molar-refractivity contribution in [1.29, 1.82) is 0 Å². The van der Waals surface area contributed by atoms with Gasteiger partial charge in [0.2, 0.25) is 0 Å². The number of nitrogens with zero attached hydrogens (tertiary/aromatic N) is 2. The number of amides is 4. The molecule has 1 aliphatic rings. The summed E-state index contributed by atoms with van der Waals surface area (Å²) in [7, 11) is 4.21. The number of halogens is 1. The lowest BCUT2D eigenvalue weighted by Crippen LogP contribution is -2.52. The van der Waals surface area contributed by atoms with E-state index in [1.807, 2.05) is 6.92 Å². The van der Waals surface area contributed by atoms with Gasteiger partial charge in [0, 0.05) is 14.1 Å². The zero-order valence-electron chi connectivity index (χ0n) is 14.5. The molecule has 7 nitrogen and oxygen atoms in total. The van der Waals surface area contributed by atoms with E-state index in [0.29, 0.717) is 23.7 Å². The number of imide groups is 2. The van der Waals surface area contributed by atoms with E-state index in [2.05, 4.69) is 22.6 Å². The summed E-state index contributed by atoms with van der Waals surface area (Å²) >= 11 is 2.11. The van der Waals surface area contributed by atoms with E-state index in [0.717, 1.165) is 19.8 Å². The second-order valence-electron chi connectivity index (χ2n) is 5.45. The maximum absolute atomic E-state index is 12.3. The number of carbonyl (C=O) groups excluding carboxylic acids is 3. The van der Waals surface area contributed by atoms with Gasteiger partial charge in [0.25, 0.3) is 11.8 Å². The molecule has 1 heterocycles. The fourth-order valence-corrected chi connectivity index (χ4v) is 3.09. The molecule has 0 bridgehead atoms. The molecule has 25 heavy (non-hydrogen) atoms. The minimum Gasteiger partial charge on any atom is -0.493 e. The Labute approximate surface area is 159 Å². The fraction of sp³-hybridized carbons (Fsp3) is 0.353. The molecule has 134 valence electrons. The van der Waals surface area contributed by atoms with Crippen LogP contribution in [0, 0.1) is 3.57 Å². The van der Waals surface area contributed by atoms with Crippen LogP contribution in [0.15, 0.2) is 17.7 Å². The van der Waals surface area contributed by atoms with Gasteiger partial charge in [-0.05, 0) is 52.8 Å². The first kappa shape index (κ1) is 19.2. The largest absolute Gasteiger partial charge is 0.493 e. The molecule has 1 saturated heterocycles. The maximum Gasteiger partial charge on any atom is 0.333 e. The lowest BCUT2D eigenvalue weighted by Gasteiger charge is -2.28. The highest BCUT2D eigenvalue weighted by atomic mass is 127. The second kappa shape index (κ2) is 7.85. The summed E-state index contributed by atoms with van der Waals surface area (Å²) in [5.41, 5.74) is 0.530. The van der Waals surface area contributed by atoms with Crippen molar-refractivity contribution in [1.82, 2.24) is 9.80 Å². The molecule has 0 spiro atoms. The van der Waals surface area contributed by atoms with Gasteiger partial charge in [0.05, 0.1) is 17.3 Å². The van der Waals surface area contributed by atoms with Crippen LogP contribution in [0.1, 0.15) is 18.9 Å². The lowest BCUT2D eigenvalue weighted by atomic mass is 10.1. The van der Waals surface area contributed by atoms with Gasteiger partial charge in [0.1, 0.15) is 5.57 Å². The summed E-state index contributed by atoms with van der Waals surface area (Å²) in [4.78, 5) is 38.2. The maximum atomic E-state index is 12.3. The minimum absolute atomic E-state index is 0.0790. The predicted octanol–water partition coefficient (Wildman–Crippen LogP) is 2.52. The Bertz CT molecular complexity index is 734. The SMILES string of the molecule is CCCOc1c(I)cc(C=C2C(=O)N(C)C(=O)N(C)C2=O)cc1OC. The normalized spacial score (nSPS) is 14.9. The quantitative estimate of drug-likeness (QED) is 0.385. The highest BCUT2D eigenvalue weighted by molar-refractivity contribution is 14.1. The molecule has 0 radical (unpaired) electrons. The number of urea groups is 1. The summed E-state index contributed by atoms with van der Waals surface area (Å²) in [5, 5.41) is 0. The zero-order chi connectivity index (χ0) is 18.7. The highest BCUT2D eigenvalue weighted by Gasteiger charge is 2.37. The third-order valence-electron chi connectivity index (χ3n) is 3.66. The first-order valence-corrected chi connectivity index (χ1v) is 8.71. The minimum atomic E-state index is -0.650. The molecule has 4 amide bonds. The first-order chi connectivity index (χ1) is 11.8. The van der Waals surface area contributed by atoms with E-state index < -0.39 is 17.8 Å². The summed E-state index contributed by atoms with van der Waals surface area (Å²) in [6, 6.07) is 2.83. The molecule has 0 N–H and O–H groups in total. The van der Waals surface area contributed by atoms with Crippen molar-refractivity contribution in [3.63, 3.8) is 0 Å². The van der Waals surface area contributed by atoms with Gasteiger partial charge < -0.3 is 9.47 Å². The summed E-state index contributed by atoms with van der Waals surface area (Å²) in [6.07, 6.45) is 2.32. The second-order valence-corrected chi connectivity index (χ2v) is 6.61. The summed E-state index contributed by atoms with van der Waals surface area (Å²) < 4.78 is 11.9. The molecule has 0 saturated carbocycles. The average Bonchev–Trinajstić information content (AvgIpc) is 2.60. The van der Waals surface area contributed by atoms with Gasteiger partial charge in [-0.3, -0.25) is 19.4 Å². The number of methoxy groups -OCH3 is 1. The zero-order valence-corrected chi connectivity index (χ0v) is 16.6. The van der Waals surface area contributed by atoms with Crippen LogP contribution in [0.5, 0.6) is 11.5 Å². The molecule has 1 aromatic rings. The van der Waals surface area contributed by atoms with Crippen molar-refractivity contribution in [2.75, 3.05) is 27.8 Å². The highest BCUT2D eigenvalue weighted by Crippen LogP contribution is 2.35. The van der Waals surface area contributed by atoms with Gasteiger partial charge in [-0.2, -0.15) is 0 Å². The third kappa shape index (κ3) is 3.78. The van der Waals surface area contributed by atoms with E-state index in [1.165, 1.54) is 27.3 Å². The number of ether oxygens (including phenoxy) is 2. The summed E-state index contributed by atoms with van der Waals surface area (Å²) in [5.74, 6) is -0.125. The van der Waals surface area contributed by atoms with E-state index in [1.54, 1.807) is 12.1 Å². The molecule has 2 rings (SSSR count). The Morgan fingerprint density at radius 1 is 1.12 bits per heavy atom. The van der Waals surface area contributed by atoms with Crippen molar-refractivity contribution in [3.05, 3.63) is 26.8 Å². The van der Waals surface area contributed by atoms with E-state index in [-0.39, 0.29) is 5.57 Å². The van der Waals surface area contributed by atoms with Crippen molar-refractivity contribution in [2.45, 2.75) is 13.3 Å². The Kier molecular flexibility index (Phi) is 6.04. The van der Waals surface area contributed by atoms with Crippen LogP contribution in [0.25, 0.3) is 6.08 Å². The number of carbonyl (C=O) groups is 3. The number of benzene rings is 1. The molecule has 8 heteroatoms. The first-order valence-electron chi connectivity index (χ1n) is 7.63. The summed E-state index contributed by atoms with van der Waals surface area (Å²) in [6.45, 7) is 2.56. The molecule has 1 fully saturated rings. The van der Waals surface area contributed by atoms with Crippen molar-refractivity contribution in [2.24, 2.45) is 0 Å². The van der Waals surface area contributed by atoms with Gasteiger partial charge in [-0.15, -0.1) is 0 Å². The van der Waals surface area contributed by atoms with Crippen molar-refractivity contribution >= 4 is 46.5 Å². The van der Waals surface area contributed by atoms with Crippen LogP contribution in [0.3, 0.4) is 0 Å². The number of hydrogen-bond donors (Lipinski definition) is 0. The molecule has 1 aliphatic heterocycles. The van der Waals surface area contributed by atoms with Gasteiger partial charge in [0.15, 0.2) is 11.5 Å². The van der Waals surface area contributed by atoms with Crippen LogP contribution in [0.4, 0.5) is 4.79 Å². The van der Waals surface area contributed by atoms with Crippen LogP contribution < -0.4 is 9.47 Å². The standard InChI is InChI=1S/C17H19IN2O5/c1-5-6-25-14-12(18)8-10(9-13(14)24-4)7-11-15(21)19(2)17(23)20(3)16(11)22/h7-9H,5-6H2,1-4H3. The van der Waals surface area contributed by atoms with Gasteiger partial charge >= 0.3 is 6.03 Å². The Morgan fingerprint density at radius 3 is 2.24 bits per heavy atom. The predicted molar refractivity (Wildman–Crippen MR) is 100 cm³/mol. The monoisotopic (exact) mass is 458 g/mol. The molecule has 0 aliphatic carbocycles. The van der Waals surface area contributed by atoms with E-state index >= 15 is 0 Å². The van der Waals surface area contributed by atoms with Crippen LogP contribution in [-0.2, 0) is 9.59 Å². The number of barbiturate groups is 1. The number of rotatable bonds is 5. The molecule has 0 aromatic heterocycles. The number of hydrogen-bond acceptors (Lipinski definition) is 5. The Morgan fingerprint density at radius 2 is 1.72 bits per heavy atom. The topological polar surface area (TPSA) is 76.2 Å². The van der Waals surface area contributed by atoms with Gasteiger partial charge in [-0.1, -0.05) is 6.92 Å². The van der Waals surface area contributed by atoms with Crippen LogP contribution >= 0.6 is 22.6 Å². The van der Waals surface area contributed by atoms with E-state index in [4.69, 9.17) is 9.47 Å². The number of likely N-dealkylation sites (N-methyl/N-ethyl adjacent to an activating group) is 2. The molecule has 0 atom stereocenters. The van der Waals surface area contributed by atoms with Crippen LogP contribution in [-0.4, -0.2) is 55.5 Å². The van der Waals surface area contributed by atoms with Gasteiger partial charge in [-0.25, -0.2) is 4.79 Å². The van der Waals surface area contributed by atoms with Crippen molar-refractivity contribution < 1.29 is 23.9 Å². The Hall–Kier alpha value is -2.10. The average molecular weight is 458 g/mol. The lowest BCUT2D eigenvalue weighted by molar-refractivity contribution is -0.134. The fourth-order valence-electron chi connectivity index (χ4n) is 2.31. The third-order valence-corrected chi connectivity index (χ3v) is 4.46. The molecule has 0 unspecified atom stereocenters. The molecular weight excluding hydrogens is 439 g/mol. The Balaban J connectivity index is 2.46. The molecular formula is C17H19IN2O5. The van der Waals surface area contributed by atoms with Crippen molar-refractivity contribution in [3.8, 4) is 11.5 Å². The van der Waals surface area contributed by atoms with E-state index in [9.17, 15) is 14.4 Å². The van der Waals surface area contributed by atoms with Crippen LogP contribution in [0.2, 0.25) is 0 Å².